The van der Waals surface area contributed by atoms with E-state index in [0.717, 1.165) is 34.4 Å². The maximum Gasteiger partial charge on any atom is 0.326 e. The lowest BCUT2D eigenvalue weighted by Crippen LogP contribution is -2.72. The van der Waals surface area contributed by atoms with Crippen molar-refractivity contribution >= 4 is 23.8 Å². The lowest BCUT2D eigenvalue weighted by Gasteiger charge is -2.53. The Hall–Kier alpha value is -3.76. The predicted octanol–water partition coefficient (Wildman–Crippen LogP) is 4.33. The average Bonchev–Trinajstić information content (AvgIpc) is 3.01. The molecular formula is C33H46N4O6. The summed E-state index contributed by atoms with van der Waals surface area (Å²) in [7, 11) is 1.64. The molecule has 43 heavy (non-hydrogen) atoms. The van der Waals surface area contributed by atoms with E-state index in [4.69, 9.17) is 9.47 Å². The smallest absolute Gasteiger partial charge is 0.326 e. The van der Waals surface area contributed by atoms with Crippen LogP contribution < -0.4 is 10.6 Å². The fraction of sp³-hybridized carbons (Fsp3) is 0.515. The largest absolute Gasteiger partial charge is 0.460 e. The number of carbonyl (C=O) groups is 4. The van der Waals surface area contributed by atoms with Crippen LogP contribution >= 0.6 is 0 Å². The van der Waals surface area contributed by atoms with Crippen molar-refractivity contribution in [3.63, 3.8) is 0 Å². The second-order valence-corrected chi connectivity index (χ2v) is 11.0. The van der Waals surface area contributed by atoms with Gasteiger partial charge < -0.3 is 25.0 Å². The van der Waals surface area contributed by atoms with Gasteiger partial charge in [-0.05, 0) is 37.3 Å². The van der Waals surface area contributed by atoms with E-state index in [1.165, 1.54) is 4.90 Å². The molecule has 0 aromatic heterocycles. The molecular weight excluding hydrogens is 548 g/mol. The summed E-state index contributed by atoms with van der Waals surface area (Å²) in [6.45, 7) is 8.50. The molecule has 2 aromatic carbocycles. The van der Waals surface area contributed by atoms with E-state index >= 15 is 0 Å². The van der Waals surface area contributed by atoms with Gasteiger partial charge in [0.05, 0.1) is 18.0 Å². The van der Waals surface area contributed by atoms with Crippen LogP contribution in [0.1, 0.15) is 69.2 Å². The highest BCUT2D eigenvalue weighted by molar-refractivity contribution is 6.03. The Balaban J connectivity index is 1.51. The number of hydrogen-bond acceptors (Lipinski definition) is 7. The number of carbonyl (C=O) groups excluding carboxylic acids is 4. The van der Waals surface area contributed by atoms with Crippen molar-refractivity contribution in [3.05, 3.63) is 71.3 Å². The first-order valence-corrected chi connectivity index (χ1v) is 15.1. The predicted molar refractivity (Wildman–Crippen MR) is 164 cm³/mol. The number of benzene rings is 2. The number of aryl methyl sites for hydroxylation is 1. The maximum atomic E-state index is 13.4. The molecule has 2 atom stereocenters. The number of ether oxygens (including phenoxy) is 2. The summed E-state index contributed by atoms with van der Waals surface area (Å²) in [6, 6.07) is 16.6. The Bertz CT molecular complexity index is 1220. The van der Waals surface area contributed by atoms with Gasteiger partial charge in [-0.1, -0.05) is 87.4 Å². The van der Waals surface area contributed by atoms with Crippen molar-refractivity contribution < 1.29 is 28.7 Å². The summed E-state index contributed by atoms with van der Waals surface area (Å²) in [5, 5.41) is 6.00. The van der Waals surface area contributed by atoms with Crippen molar-refractivity contribution in [2.75, 3.05) is 33.3 Å². The quantitative estimate of drug-likeness (QED) is 0.169. The zero-order valence-electron chi connectivity index (χ0n) is 26.1. The first-order chi connectivity index (χ1) is 20.7. The molecule has 2 aromatic rings. The molecule has 4 amide bonds. The van der Waals surface area contributed by atoms with Crippen LogP contribution in [0.5, 0.6) is 0 Å². The fourth-order valence-corrected chi connectivity index (χ4v) is 5.21. The normalized spacial score (nSPS) is 16.3. The minimum Gasteiger partial charge on any atom is -0.460 e. The average molecular weight is 595 g/mol. The molecule has 0 radical (unpaired) electrons. The fourth-order valence-electron chi connectivity index (χ4n) is 5.21. The number of β-lactam (4-membered cyclic amide) rings is 1. The van der Waals surface area contributed by atoms with Gasteiger partial charge in [0.2, 0.25) is 11.8 Å². The van der Waals surface area contributed by atoms with Gasteiger partial charge in [-0.2, -0.15) is 0 Å². The third kappa shape index (κ3) is 8.64. The molecule has 234 valence electrons. The second-order valence-electron chi connectivity index (χ2n) is 11.0. The highest BCUT2D eigenvalue weighted by Gasteiger charge is 2.62. The Labute approximate surface area is 255 Å². The molecule has 1 unspecified atom stereocenters. The highest BCUT2D eigenvalue weighted by atomic mass is 16.5. The summed E-state index contributed by atoms with van der Waals surface area (Å²) in [4.78, 5) is 54.2. The molecule has 0 saturated carbocycles. The van der Waals surface area contributed by atoms with E-state index in [-0.39, 0.29) is 43.6 Å². The standard InChI is InChI=1S/C33H46N4O6/c1-6-12-27(26-17-15-24(4)16-18-26)35-32(41)37-30(40)33(7-2,8-3)31(37)43-23-28(38)36(5)20-19-34-21-29(39)42-22-25-13-10-9-11-14-25/h9-11,13-18,27,31,34H,6-8,12,19-23H2,1-5H3,(H,35,41)/t27-,31?/m1/s1. The molecule has 3 rings (SSSR count). The molecule has 10 heteroatoms. The van der Waals surface area contributed by atoms with Crippen molar-refractivity contribution in [2.45, 2.75) is 72.3 Å². The number of hydrogen-bond donors (Lipinski definition) is 2. The van der Waals surface area contributed by atoms with E-state index in [9.17, 15) is 19.2 Å². The van der Waals surface area contributed by atoms with E-state index in [1.54, 1.807) is 7.05 Å². The van der Waals surface area contributed by atoms with E-state index in [1.807, 2.05) is 82.3 Å². The Kier molecular flexibility index (Phi) is 12.7. The number of esters is 1. The van der Waals surface area contributed by atoms with Crippen LogP contribution in [0.2, 0.25) is 0 Å². The Morgan fingerprint density at radius 2 is 1.70 bits per heavy atom. The van der Waals surface area contributed by atoms with Crippen LogP contribution in [0.25, 0.3) is 0 Å². The number of urea groups is 1. The maximum absolute atomic E-state index is 13.4. The van der Waals surface area contributed by atoms with E-state index < -0.39 is 17.7 Å². The zero-order chi connectivity index (χ0) is 31.4. The molecule has 10 nitrogen and oxygen atoms in total. The van der Waals surface area contributed by atoms with Crippen molar-refractivity contribution in [2.24, 2.45) is 5.41 Å². The van der Waals surface area contributed by atoms with Crippen LogP contribution in [0.4, 0.5) is 4.79 Å². The van der Waals surface area contributed by atoms with Crippen LogP contribution in [0.15, 0.2) is 54.6 Å². The van der Waals surface area contributed by atoms with Crippen LogP contribution in [0.3, 0.4) is 0 Å². The molecule has 0 bridgehead atoms. The number of likely N-dealkylation sites (N-methyl/N-ethyl adjacent to an activating group) is 1. The Morgan fingerprint density at radius 1 is 1.02 bits per heavy atom. The summed E-state index contributed by atoms with van der Waals surface area (Å²) >= 11 is 0. The molecule has 1 saturated heterocycles. The number of imide groups is 1. The topological polar surface area (TPSA) is 117 Å². The van der Waals surface area contributed by atoms with Crippen molar-refractivity contribution in [1.29, 1.82) is 0 Å². The molecule has 0 spiro atoms. The van der Waals surface area contributed by atoms with E-state index in [0.29, 0.717) is 25.9 Å². The molecule has 1 fully saturated rings. The zero-order valence-corrected chi connectivity index (χ0v) is 26.1. The first kappa shape index (κ1) is 33.7. The molecule has 2 N–H and O–H groups in total. The van der Waals surface area contributed by atoms with Gasteiger partial charge in [-0.15, -0.1) is 0 Å². The SMILES string of the molecule is CCC[C@@H](NC(=O)N1C(=O)C(CC)(CC)C1OCC(=O)N(C)CCNCC(=O)OCc1ccccc1)c1ccc(C)cc1. The lowest BCUT2D eigenvalue weighted by molar-refractivity contribution is -0.211. The summed E-state index contributed by atoms with van der Waals surface area (Å²) in [5.74, 6) is -0.964. The van der Waals surface area contributed by atoms with Gasteiger partial charge in [0.15, 0.2) is 6.23 Å². The van der Waals surface area contributed by atoms with Gasteiger partial charge in [0, 0.05) is 20.1 Å². The van der Waals surface area contributed by atoms with Crippen LogP contribution in [-0.4, -0.2) is 73.1 Å². The monoisotopic (exact) mass is 594 g/mol. The van der Waals surface area contributed by atoms with Gasteiger partial charge in [-0.25, -0.2) is 9.69 Å². The van der Waals surface area contributed by atoms with Crippen molar-refractivity contribution in [1.82, 2.24) is 20.4 Å². The molecule has 1 aliphatic rings. The molecule has 0 aliphatic carbocycles. The third-order valence-electron chi connectivity index (χ3n) is 8.11. The number of amides is 4. The van der Waals surface area contributed by atoms with Crippen LogP contribution in [0, 0.1) is 12.3 Å². The number of nitrogens with one attached hydrogen (secondary N) is 2. The van der Waals surface area contributed by atoms with Crippen molar-refractivity contribution in [3.8, 4) is 0 Å². The minimum atomic E-state index is -0.859. The number of nitrogens with zero attached hydrogens (tertiary/aromatic N) is 2. The number of rotatable bonds is 16. The second kappa shape index (κ2) is 16.2. The van der Waals surface area contributed by atoms with Gasteiger partial charge in [0.1, 0.15) is 13.2 Å². The number of likely N-dealkylation sites (tertiary alicyclic amines) is 1. The molecule has 1 aliphatic heterocycles. The summed E-state index contributed by atoms with van der Waals surface area (Å²) in [5.41, 5.74) is 2.15. The lowest BCUT2D eigenvalue weighted by atomic mass is 9.72. The van der Waals surface area contributed by atoms with Gasteiger partial charge in [0.25, 0.3) is 0 Å². The summed E-state index contributed by atoms with van der Waals surface area (Å²) in [6.07, 6.45) is 1.70. The highest BCUT2D eigenvalue weighted by Crippen LogP contribution is 2.46. The Morgan fingerprint density at radius 3 is 2.33 bits per heavy atom. The van der Waals surface area contributed by atoms with Gasteiger partial charge in [-0.3, -0.25) is 14.4 Å². The van der Waals surface area contributed by atoms with Gasteiger partial charge >= 0.3 is 12.0 Å². The third-order valence-corrected chi connectivity index (χ3v) is 8.11. The molecule has 1 heterocycles. The minimum absolute atomic E-state index is 0.0246. The first-order valence-electron chi connectivity index (χ1n) is 15.1. The summed E-state index contributed by atoms with van der Waals surface area (Å²) < 4.78 is 11.2. The van der Waals surface area contributed by atoms with E-state index in [2.05, 4.69) is 10.6 Å². The van der Waals surface area contributed by atoms with Crippen LogP contribution in [-0.2, 0) is 30.5 Å².